The van der Waals surface area contributed by atoms with Gasteiger partial charge in [0.2, 0.25) is 0 Å². The Balaban J connectivity index is 2.27. The topological polar surface area (TPSA) is 107 Å². The smallest absolute Gasteiger partial charge is 0.339 e. The van der Waals surface area contributed by atoms with Gasteiger partial charge in [-0.15, -0.1) is 0 Å². The number of ether oxygens (including phenoxy) is 1. The van der Waals surface area contributed by atoms with Crippen LogP contribution in [-0.4, -0.2) is 15.5 Å². The molecule has 1 unspecified atom stereocenters. The lowest BCUT2D eigenvalue weighted by Crippen LogP contribution is -2.34. The lowest BCUT2D eigenvalue weighted by atomic mass is 10.0. The van der Waals surface area contributed by atoms with Crippen LogP contribution in [0.3, 0.4) is 0 Å². The molecular weight excluding hydrogens is 262 g/mol. The van der Waals surface area contributed by atoms with Crippen LogP contribution in [0.4, 0.5) is 5.82 Å². The van der Waals surface area contributed by atoms with Gasteiger partial charge >= 0.3 is 11.7 Å². The Morgan fingerprint density at radius 3 is 2.70 bits per heavy atom. The monoisotopic (exact) mass is 273 g/mol. The van der Waals surface area contributed by atoms with Crippen LogP contribution in [-0.2, 0) is 11.8 Å². The predicted octanol–water partition coefficient (Wildman–Crippen LogP) is -0.0844. The van der Waals surface area contributed by atoms with E-state index in [1.807, 2.05) is 0 Å². The van der Waals surface area contributed by atoms with Crippen molar-refractivity contribution in [3.63, 3.8) is 0 Å². The van der Waals surface area contributed by atoms with Gasteiger partial charge in [0.15, 0.2) is 6.10 Å². The van der Waals surface area contributed by atoms with Crippen molar-refractivity contribution in [2.75, 3.05) is 5.73 Å². The highest BCUT2D eigenvalue weighted by molar-refractivity contribution is 5.94. The second-order valence-electron chi connectivity index (χ2n) is 4.49. The minimum atomic E-state index is -0.894. The molecule has 3 rings (SSSR count). The molecule has 1 aromatic heterocycles. The molecule has 7 heteroatoms. The van der Waals surface area contributed by atoms with Crippen LogP contribution in [0.2, 0.25) is 0 Å². The number of esters is 1. The maximum Gasteiger partial charge on any atom is 0.339 e. The number of H-pyrrole nitrogens is 1. The van der Waals surface area contributed by atoms with Crippen molar-refractivity contribution >= 4 is 11.8 Å². The van der Waals surface area contributed by atoms with Crippen LogP contribution in [0.1, 0.15) is 27.6 Å². The quantitative estimate of drug-likeness (QED) is 0.706. The summed E-state index contributed by atoms with van der Waals surface area (Å²) in [4.78, 5) is 37.4. The molecule has 0 saturated carbocycles. The molecule has 7 nitrogen and oxygen atoms in total. The van der Waals surface area contributed by atoms with Crippen LogP contribution < -0.4 is 17.0 Å². The molecule has 0 amide bonds. The number of rotatable bonds is 1. The maximum atomic E-state index is 12.0. The predicted molar refractivity (Wildman–Crippen MR) is 70.4 cm³/mol. The van der Waals surface area contributed by atoms with Crippen molar-refractivity contribution in [2.24, 2.45) is 7.05 Å². The van der Waals surface area contributed by atoms with Gasteiger partial charge in [-0.1, -0.05) is 18.2 Å². The molecule has 2 aromatic rings. The van der Waals surface area contributed by atoms with Gasteiger partial charge in [0.05, 0.1) is 5.56 Å². The highest BCUT2D eigenvalue weighted by Gasteiger charge is 2.35. The highest BCUT2D eigenvalue weighted by Crippen LogP contribution is 2.35. The van der Waals surface area contributed by atoms with E-state index in [4.69, 9.17) is 10.5 Å². The molecule has 0 bridgehead atoms. The summed E-state index contributed by atoms with van der Waals surface area (Å²) in [5.74, 6) is -0.536. The number of aromatic amines is 1. The number of nitrogen functional groups attached to an aromatic ring is 1. The third kappa shape index (κ3) is 1.56. The van der Waals surface area contributed by atoms with Crippen LogP contribution in [0.25, 0.3) is 0 Å². The summed E-state index contributed by atoms with van der Waals surface area (Å²) >= 11 is 0. The summed E-state index contributed by atoms with van der Waals surface area (Å²) in [7, 11) is 1.43. The number of nitrogens with two attached hydrogens (primary N) is 1. The average molecular weight is 273 g/mol. The van der Waals surface area contributed by atoms with Gasteiger partial charge in [-0.05, 0) is 6.07 Å². The van der Waals surface area contributed by atoms with E-state index < -0.39 is 23.3 Å². The molecule has 1 aliphatic rings. The van der Waals surface area contributed by atoms with E-state index in [1.54, 1.807) is 24.3 Å². The van der Waals surface area contributed by atoms with E-state index in [0.717, 1.165) is 4.57 Å². The zero-order chi connectivity index (χ0) is 14.4. The van der Waals surface area contributed by atoms with Crippen molar-refractivity contribution in [3.8, 4) is 0 Å². The molecule has 102 valence electrons. The number of fused-ring (bicyclic) bond motifs is 1. The Kier molecular flexibility index (Phi) is 2.50. The molecule has 0 spiro atoms. The Hall–Kier alpha value is -2.83. The largest absolute Gasteiger partial charge is 0.449 e. The van der Waals surface area contributed by atoms with Crippen LogP contribution in [0.15, 0.2) is 33.9 Å². The first-order valence-corrected chi connectivity index (χ1v) is 5.89. The molecule has 0 fully saturated rings. The summed E-state index contributed by atoms with van der Waals surface area (Å²) in [5, 5.41) is 0. The molecular formula is C13H11N3O4. The molecule has 3 N–H and O–H groups in total. The number of nitrogens with zero attached hydrogens (tertiary/aromatic N) is 1. The van der Waals surface area contributed by atoms with Crippen molar-refractivity contribution < 1.29 is 9.53 Å². The lowest BCUT2D eigenvalue weighted by Gasteiger charge is -2.14. The number of hydrogen-bond donors (Lipinski definition) is 2. The van der Waals surface area contributed by atoms with Gasteiger partial charge in [0.25, 0.3) is 5.56 Å². The summed E-state index contributed by atoms with van der Waals surface area (Å²) in [6.45, 7) is 0. The number of anilines is 1. The molecule has 20 heavy (non-hydrogen) atoms. The molecule has 2 heterocycles. The number of carbonyl (C=O) groups is 1. The molecule has 1 atom stereocenters. The Morgan fingerprint density at radius 2 is 1.95 bits per heavy atom. The Bertz CT molecular complexity index is 834. The van der Waals surface area contributed by atoms with E-state index in [-0.39, 0.29) is 11.4 Å². The zero-order valence-electron chi connectivity index (χ0n) is 10.5. The SMILES string of the molecule is Cn1c(N)c(C2OC(=O)c3ccccc32)c(=O)[nH]c1=O. The molecule has 1 aliphatic heterocycles. The maximum absolute atomic E-state index is 12.0. The average Bonchev–Trinajstić information content (AvgIpc) is 2.75. The minimum Gasteiger partial charge on any atom is -0.449 e. The summed E-state index contributed by atoms with van der Waals surface area (Å²) in [6.07, 6.45) is -0.894. The van der Waals surface area contributed by atoms with Crippen LogP contribution in [0.5, 0.6) is 0 Å². The zero-order valence-corrected chi connectivity index (χ0v) is 10.5. The molecule has 0 saturated heterocycles. The van der Waals surface area contributed by atoms with Gasteiger partial charge in [-0.2, -0.15) is 0 Å². The van der Waals surface area contributed by atoms with Gasteiger partial charge in [-0.3, -0.25) is 14.3 Å². The number of cyclic esters (lactones) is 1. The van der Waals surface area contributed by atoms with Crippen molar-refractivity contribution in [3.05, 3.63) is 61.8 Å². The van der Waals surface area contributed by atoms with E-state index in [1.165, 1.54) is 7.05 Å². The third-order valence-corrected chi connectivity index (χ3v) is 3.36. The molecule has 1 aromatic carbocycles. The van der Waals surface area contributed by atoms with Gasteiger partial charge in [-0.25, -0.2) is 9.59 Å². The first-order valence-electron chi connectivity index (χ1n) is 5.89. The number of aromatic nitrogens is 2. The van der Waals surface area contributed by atoms with Gasteiger partial charge in [0.1, 0.15) is 11.4 Å². The lowest BCUT2D eigenvalue weighted by molar-refractivity contribution is 0.0454. The molecule has 0 radical (unpaired) electrons. The fraction of sp³-hybridized carbons (Fsp3) is 0.154. The fourth-order valence-electron chi connectivity index (χ4n) is 2.27. The van der Waals surface area contributed by atoms with Gasteiger partial charge in [0, 0.05) is 12.6 Å². The Morgan fingerprint density at radius 1 is 1.25 bits per heavy atom. The first-order chi connectivity index (χ1) is 9.50. The summed E-state index contributed by atoms with van der Waals surface area (Å²) < 4.78 is 6.32. The second kappa shape index (κ2) is 4.09. The number of carbonyl (C=O) groups excluding carboxylic acids is 1. The number of hydrogen-bond acceptors (Lipinski definition) is 5. The standard InChI is InChI=1S/C13H11N3O4/c1-16-10(14)8(11(17)15-13(16)19)9-6-4-2-3-5-7(6)12(18)20-9/h2-5,9H,14H2,1H3,(H,15,17,19). The van der Waals surface area contributed by atoms with Crippen LogP contribution >= 0.6 is 0 Å². The second-order valence-corrected chi connectivity index (χ2v) is 4.49. The summed E-state index contributed by atoms with van der Waals surface area (Å²) in [6, 6.07) is 6.75. The van der Waals surface area contributed by atoms with Crippen molar-refractivity contribution in [1.29, 1.82) is 0 Å². The van der Waals surface area contributed by atoms with Crippen molar-refractivity contribution in [2.45, 2.75) is 6.10 Å². The first kappa shape index (κ1) is 12.2. The van der Waals surface area contributed by atoms with E-state index in [0.29, 0.717) is 11.1 Å². The summed E-state index contributed by atoms with van der Waals surface area (Å²) in [5.41, 5.74) is 5.57. The van der Waals surface area contributed by atoms with Crippen LogP contribution in [0, 0.1) is 0 Å². The fourth-order valence-corrected chi connectivity index (χ4v) is 2.27. The third-order valence-electron chi connectivity index (χ3n) is 3.36. The number of benzene rings is 1. The van der Waals surface area contributed by atoms with Gasteiger partial charge < -0.3 is 10.5 Å². The van der Waals surface area contributed by atoms with E-state index >= 15 is 0 Å². The number of nitrogens with one attached hydrogen (secondary N) is 1. The minimum absolute atomic E-state index is 0.0201. The normalized spacial score (nSPS) is 16.9. The highest BCUT2D eigenvalue weighted by atomic mass is 16.5. The van der Waals surface area contributed by atoms with E-state index in [9.17, 15) is 14.4 Å². The Labute approximate surface area is 112 Å². The van der Waals surface area contributed by atoms with Crippen molar-refractivity contribution in [1.82, 2.24) is 9.55 Å². The molecule has 0 aliphatic carbocycles. The van der Waals surface area contributed by atoms with E-state index in [2.05, 4.69) is 4.98 Å².